The van der Waals surface area contributed by atoms with Crippen molar-refractivity contribution in [1.82, 2.24) is 14.9 Å². The maximum atomic E-state index is 6.34. The van der Waals surface area contributed by atoms with Gasteiger partial charge in [0.05, 0.1) is 6.10 Å². The maximum absolute atomic E-state index is 6.34. The Morgan fingerprint density at radius 1 is 1.25 bits per heavy atom. The summed E-state index contributed by atoms with van der Waals surface area (Å²) in [5.41, 5.74) is 5.83. The van der Waals surface area contributed by atoms with Crippen molar-refractivity contribution in [3.63, 3.8) is 0 Å². The molecular formula is C18H29N5O. The van der Waals surface area contributed by atoms with Gasteiger partial charge in [-0.25, -0.2) is 4.98 Å². The summed E-state index contributed by atoms with van der Waals surface area (Å²) >= 11 is 0. The highest BCUT2D eigenvalue weighted by Crippen LogP contribution is 2.40. The number of hydrogen-bond acceptors (Lipinski definition) is 6. The van der Waals surface area contributed by atoms with Crippen LogP contribution in [-0.4, -0.2) is 60.8 Å². The number of nitrogen functional groups attached to an aromatic ring is 1. The van der Waals surface area contributed by atoms with Crippen molar-refractivity contribution >= 4 is 11.8 Å². The largest absolute Gasteiger partial charge is 0.384 e. The highest BCUT2D eigenvalue weighted by atomic mass is 16.5. The van der Waals surface area contributed by atoms with Crippen LogP contribution >= 0.6 is 0 Å². The lowest BCUT2D eigenvalue weighted by Crippen LogP contribution is -2.48. The summed E-state index contributed by atoms with van der Waals surface area (Å²) in [6.07, 6.45) is 7.18. The van der Waals surface area contributed by atoms with Crippen LogP contribution < -0.4 is 10.6 Å². The summed E-state index contributed by atoms with van der Waals surface area (Å²) in [7, 11) is 4.37. The summed E-state index contributed by atoms with van der Waals surface area (Å²) in [5.74, 6) is 3.53. The number of nitrogens with two attached hydrogens (primary N) is 1. The van der Waals surface area contributed by atoms with Crippen molar-refractivity contribution < 1.29 is 4.74 Å². The molecule has 0 bridgehead atoms. The van der Waals surface area contributed by atoms with Gasteiger partial charge in [-0.15, -0.1) is 0 Å². The first-order valence-electron chi connectivity index (χ1n) is 9.21. The van der Waals surface area contributed by atoms with Gasteiger partial charge in [-0.3, -0.25) is 0 Å². The fraction of sp³-hybridized carbons (Fsp3) is 0.778. The topological polar surface area (TPSA) is 67.5 Å². The van der Waals surface area contributed by atoms with E-state index in [0.717, 1.165) is 38.0 Å². The summed E-state index contributed by atoms with van der Waals surface area (Å²) in [6, 6.07) is 2.27. The minimum absolute atomic E-state index is 0.364. The molecule has 3 aliphatic rings. The number of aromatic nitrogens is 2. The average molecular weight is 331 g/mol. The first-order chi connectivity index (χ1) is 11.6. The molecule has 0 amide bonds. The first-order valence-corrected chi connectivity index (χ1v) is 9.21. The Hall–Kier alpha value is -1.40. The van der Waals surface area contributed by atoms with Crippen molar-refractivity contribution in [1.29, 1.82) is 0 Å². The van der Waals surface area contributed by atoms with Gasteiger partial charge in [0.15, 0.2) is 0 Å². The van der Waals surface area contributed by atoms with Crippen LogP contribution in [0, 0.1) is 17.8 Å². The molecule has 0 radical (unpaired) electrons. The zero-order chi connectivity index (χ0) is 16.7. The normalized spacial score (nSPS) is 33.0. The van der Waals surface area contributed by atoms with Crippen LogP contribution in [0.15, 0.2) is 12.3 Å². The molecule has 4 rings (SSSR count). The quantitative estimate of drug-likeness (QED) is 0.884. The molecule has 2 N–H and O–H groups in total. The Bertz CT molecular complexity index is 576. The molecule has 1 aliphatic heterocycles. The van der Waals surface area contributed by atoms with Crippen molar-refractivity contribution in [2.75, 3.05) is 44.4 Å². The average Bonchev–Trinajstić information content (AvgIpc) is 3.29. The number of fused-ring (bicyclic) bond motifs is 1. The number of hydrogen-bond donors (Lipinski definition) is 1. The van der Waals surface area contributed by atoms with Gasteiger partial charge in [-0.2, -0.15) is 4.98 Å². The molecule has 6 heteroatoms. The van der Waals surface area contributed by atoms with E-state index in [1.807, 2.05) is 0 Å². The predicted molar refractivity (Wildman–Crippen MR) is 94.8 cm³/mol. The van der Waals surface area contributed by atoms with Gasteiger partial charge in [0, 0.05) is 31.9 Å². The fourth-order valence-corrected chi connectivity index (χ4v) is 4.33. The molecule has 2 aliphatic carbocycles. The minimum atomic E-state index is 0.364. The third-order valence-electron chi connectivity index (χ3n) is 5.94. The molecule has 6 nitrogen and oxygen atoms in total. The summed E-state index contributed by atoms with van der Waals surface area (Å²) in [6.45, 7) is 3.01. The Balaban J connectivity index is 1.44. The number of rotatable bonds is 5. The lowest BCUT2D eigenvalue weighted by atomic mass is 9.77. The molecule has 0 spiro atoms. The van der Waals surface area contributed by atoms with Crippen molar-refractivity contribution in [2.45, 2.75) is 37.8 Å². The summed E-state index contributed by atoms with van der Waals surface area (Å²) in [5, 5.41) is 0. The Labute approximate surface area is 144 Å². The highest BCUT2D eigenvalue weighted by Gasteiger charge is 2.44. The number of likely N-dealkylation sites (N-methyl/N-ethyl adjacent to an activating group) is 1. The van der Waals surface area contributed by atoms with Crippen LogP contribution in [0.4, 0.5) is 11.8 Å². The molecule has 132 valence electrons. The van der Waals surface area contributed by atoms with Crippen molar-refractivity contribution in [2.24, 2.45) is 17.8 Å². The molecule has 2 heterocycles. The van der Waals surface area contributed by atoms with Gasteiger partial charge in [-0.1, -0.05) is 0 Å². The van der Waals surface area contributed by atoms with Crippen LogP contribution in [0.2, 0.25) is 0 Å². The Kier molecular flexibility index (Phi) is 4.35. The lowest BCUT2D eigenvalue weighted by Gasteiger charge is -2.41. The molecule has 1 aromatic heterocycles. The minimum Gasteiger partial charge on any atom is -0.384 e. The molecular weight excluding hydrogens is 302 g/mol. The molecule has 1 saturated heterocycles. The molecule has 1 aromatic rings. The molecule has 3 fully saturated rings. The zero-order valence-corrected chi connectivity index (χ0v) is 14.8. The molecule has 2 saturated carbocycles. The third kappa shape index (κ3) is 3.35. The van der Waals surface area contributed by atoms with E-state index in [4.69, 9.17) is 10.5 Å². The third-order valence-corrected chi connectivity index (χ3v) is 5.94. The van der Waals surface area contributed by atoms with Gasteiger partial charge < -0.3 is 20.3 Å². The van der Waals surface area contributed by atoms with Crippen LogP contribution in [-0.2, 0) is 4.74 Å². The Morgan fingerprint density at radius 2 is 2.00 bits per heavy atom. The summed E-state index contributed by atoms with van der Waals surface area (Å²) in [4.78, 5) is 13.5. The predicted octanol–water partition coefficient (Wildman–Crippen LogP) is 1.63. The molecule has 0 aromatic carbocycles. The Morgan fingerprint density at radius 3 is 2.67 bits per heavy atom. The second-order valence-corrected chi connectivity index (χ2v) is 8.02. The standard InChI is InChI=1S/C18H29N5O/c1-22(2)15-7-13-9-23(18-20-6-5-17(19)21-18)10-14(13)8-16(15)24-11-12-3-4-12/h5-6,12-16H,3-4,7-11H2,1-2H3,(H2,19,20,21)/t13-,14+,15-,16-/m1/s1. The van der Waals surface area contributed by atoms with Crippen molar-refractivity contribution in [3.05, 3.63) is 12.3 Å². The van der Waals surface area contributed by atoms with Crippen LogP contribution in [0.25, 0.3) is 0 Å². The van der Waals surface area contributed by atoms with Gasteiger partial charge in [0.25, 0.3) is 0 Å². The van der Waals surface area contributed by atoms with E-state index in [-0.39, 0.29) is 0 Å². The SMILES string of the molecule is CN(C)[C@@H]1C[C@@H]2CN(c3nccc(N)n3)C[C@@H]2C[C@H]1OCC1CC1. The van der Waals surface area contributed by atoms with Crippen molar-refractivity contribution in [3.8, 4) is 0 Å². The zero-order valence-electron chi connectivity index (χ0n) is 14.8. The molecule has 0 unspecified atom stereocenters. The summed E-state index contributed by atoms with van der Waals surface area (Å²) < 4.78 is 6.34. The molecule has 24 heavy (non-hydrogen) atoms. The van der Waals surface area contributed by atoms with Gasteiger partial charge in [0.2, 0.25) is 5.95 Å². The van der Waals surface area contributed by atoms with E-state index in [0.29, 0.717) is 29.8 Å². The molecule has 4 atom stereocenters. The van der Waals surface area contributed by atoms with E-state index in [1.54, 1.807) is 12.3 Å². The van der Waals surface area contributed by atoms with E-state index in [1.165, 1.54) is 19.3 Å². The number of nitrogens with zero attached hydrogens (tertiary/aromatic N) is 4. The monoisotopic (exact) mass is 331 g/mol. The second kappa shape index (κ2) is 6.48. The van der Waals surface area contributed by atoms with Crippen LogP contribution in [0.5, 0.6) is 0 Å². The second-order valence-electron chi connectivity index (χ2n) is 8.02. The highest BCUT2D eigenvalue weighted by molar-refractivity contribution is 5.39. The van der Waals surface area contributed by atoms with E-state index >= 15 is 0 Å². The van der Waals surface area contributed by atoms with Gasteiger partial charge >= 0.3 is 0 Å². The smallest absolute Gasteiger partial charge is 0.227 e. The number of ether oxygens (including phenoxy) is 1. The maximum Gasteiger partial charge on any atom is 0.227 e. The van der Waals surface area contributed by atoms with Crippen LogP contribution in [0.1, 0.15) is 25.7 Å². The van der Waals surface area contributed by atoms with E-state index < -0.39 is 0 Å². The first kappa shape index (κ1) is 16.1. The van der Waals surface area contributed by atoms with Gasteiger partial charge in [-0.05, 0) is 63.6 Å². The van der Waals surface area contributed by atoms with Gasteiger partial charge in [0.1, 0.15) is 5.82 Å². The number of anilines is 2. The van der Waals surface area contributed by atoms with E-state index in [2.05, 4.69) is 33.9 Å². The lowest BCUT2D eigenvalue weighted by molar-refractivity contribution is -0.0493. The van der Waals surface area contributed by atoms with Crippen LogP contribution in [0.3, 0.4) is 0 Å². The fourth-order valence-electron chi connectivity index (χ4n) is 4.33. The van der Waals surface area contributed by atoms with E-state index in [9.17, 15) is 0 Å².